The minimum Gasteiger partial charge on any atom is -0.354 e. The molecule has 46 heavy (non-hydrogen) atoms. The molecule has 1 N–H and O–H groups in total. The number of sulfonamides is 1. The number of aryl methyl sites for hydroxylation is 2. The van der Waals surface area contributed by atoms with E-state index in [1.807, 2.05) is 88.4 Å². The maximum absolute atomic E-state index is 14.6. The molecule has 0 aliphatic carbocycles. The fourth-order valence-electron chi connectivity index (χ4n) is 5.25. The van der Waals surface area contributed by atoms with E-state index in [0.29, 0.717) is 12.2 Å². The number of rotatable bonds is 14. The van der Waals surface area contributed by atoms with Crippen molar-refractivity contribution >= 4 is 43.5 Å². The number of anilines is 1. The highest BCUT2D eigenvalue weighted by atomic mass is 79.9. The van der Waals surface area contributed by atoms with Crippen LogP contribution in [0.5, 0.6) is 0 Å². The lowest BCUT2D eigenvalue weighted by molar-refractivity contribution is -0.140. The third-order valence-corrected chi connectivity index (χ3v) is 10.3. The SMILES string of the molecule is CCCCNC(=O)[C@@H](Cc1ccccc1)N(Cc1cccc(Br)c1)C(=O)CN(c1cccc(C)c1C)S(=O)(=O)c1ccc(C)cc1. The number of carbonyl (C=O) groups excluding carboxylic acids is 2. The first-order valence-corrected chi connectivity index (χ1v) is 17.8. The summed E-state index contributed by atoms with van der Waals surface area (Å²) >= 11 is 3.52. The van der Waals surface area contributed by atoms with Gasteiger partial charge in [-0.3, -0.25) is 13.9 Å². The van der Waals surface area contributed by atoms with Crippen molar-refractivity contribution in [2.75, 3.05) is 17.4 Å². The Kier molecular flexibility index (Phi) is 12.2. The molecule has 4 rings (SSSR count). The van der Waals surface area contributed by atoms with Crippen LogP contribution in [0.1, 0.15) is 47.6 Å². The summed E-state index contributed by atoms with van der Waals surface area (Å²) in [5.41, 5.74) is 4.69. The summed E-state index contributed by atoms with van der Waals surface area (Å²) in [4.78, 5) is 30.1. The third-order valence-electron chi connectivity index (χ3n) is 8.08. The quantitative estimate of drug-likeness (QED) is 0.142. The van der Waals surface area contributed by atoms with Gasteiger partial charge in [-0.25, -0.2) is 8.42 Å². The summed E-state index contributed by atoms with van der Waals surface area (Å²) in [6.07, 6.45) is 1.98. The minimum atomic E-state index is -4.16. The maximum Gasteiger partial charge on any atom is 0.264 e. The summed E-state index contributed by atoms with van der Waals surface area (Å²) in [7, 11) is -4.16. The van der Waals surface area contributed by atoms with Crippen molar-refractivity contribution in [1.82, 2.24) is 10.2 Å². The number of nitrogens with zero attached hydrogens (tertiary/aromatic N) is 2. The first-order valence-electron chi connectivity index (χ1n) is 15.5. The predicted molar refractivity (Wildman–Crippen MR) is 188 cm³/mol. The van der Waals surface area contributed by atoms with Crippen molar-refractivity contribution in [3.05, 3.63) is 129 Å². The van der Waals surface area contributed by atoms with Crippen LogP contribution in [0.2, 0.25) is 0 Å². The zero-order chi connectivity index (χ0) is 33.3. The molecule has 0 fully saturated rings. The Morgan fingerprint density at radius 3 is 2.20 bits per heavy atom. The lowest BCUT2D eigenvalue weighted by Crippen LogP contribution is -2.53. The summed E-state index contributed by atoms with van der Waals surface area (Å²) in [5, 5.41) is 3.03. The number of amides is 2. The van der Waals surface area contributed by atoms with Gasteiger partial charge in [0.15, 0.2) is 0 Å². The molecule has 4 aromatic carbocycles. The number of hydrogen-bond donors (Lipinski definition) is 1. The van der Waals surface area contributed by atoms with E-state index in [1.165, 1.54) is 9.21 Å². The van der Waals surface area contributed by atoms with Gasteiger partial charge in [-0.1, -0.05) is 102 Å². The summed E-state index contributed by atoms with van der Waals surface area (Å²) < 4.78 is 30.6. The zero-order valence-corrected chi connectivity index (χ0v) is 29.3. The van der Waals surface area contributed by atoms with Crippen molar-refractivity contribution in [2.45, 2.75) is 64.4 Å². The van der Waals surface area contributed by atoms with Crippen LogP contribution >= 0.6 is 15.9 Å². The van der Waals surface area contributed by atoms with Gasteiger partial charge in [0.05, 0.1) is 10.6 Å². The molecule has 0 spiro atoms. The molecular weight excluding hydrogens is 662 g/mol. The van der Waals surface area contributed by atoms with Crippen molar-refractivity contribution in [3.63, 3.8) is 0 Å². The van der Waals surface area contributed by atoms with E-state index in [9.17, 15) is 18.0 Å². The summed E-state index contributed by atoms with van der Waals surface area (Å²) in [5.74, 6) is -0.761. The number of hydrogen-bond acceptors (Lipinski definition) is 4. The molecule has 242 valence electrons. The van der Waals surface area contributed by atoms with Crippen molar-refractivity contribution in [1.29, 1.82) is 0 Å². The van der Waals surface area contributed by atoms with Crippen LogP contribution in [0.3, 0.4) is 0 Å². The molecule has 0 saturated carbocycles. The smallest absolute Gasteiger partial charge is 0.264 e. The Morgan fingerprint density at radius 1 is 0.848 bits per heavy atom. The predicted octanol–water partition coefficient (Wildman–Crippen LogP) is 7.13. The topological polar surface area (TPSA) is 86.8 Å². The number of benzene rings is 4. The molecular formula is C37H42BrN3O4S. The van der Waals surface area contributed by atoms with E-state index < -0.39 is 28.5 Å². The third kappa shape index (κ3) is 8.85. The summed E-state index contributed by atoms with van der Waals surface area (Å²) in [6.45, 7) is 7.81. The van der Waals surface area contributed by atoms with E-state index in [1.54, 1.807) is 36.4 Å². The molecule has 9 heteroatoms. The highest BCUT2D eigenvalue weighted by Gasteiger charge is 2.35. The van der Waals surface area contributed by atoms with Gasteiger partial charge in [-0.05, 0) is 79.8 Å². The average molecular weight is 705 g/mol. The van der Waals surface area contributed by atoms with Crippen molar-refractivity contribution < 1.29 is 18.0 Å². The fourth-order valence-corrected chi connectivity index (χ4v) is 7.17. The second kappa shape index (κ2) is 16.1. The Balaban J connectivity index is 1.82. The van der Waals surface area contributed by atoms with Gasteiger partial charge in [0.2, 0.25) is 11.8 Å². The second-order valence-corrected chi connectivity index (χ2v) is 14.3. The molecule has 0 bridgehead atoms. The van der Waals surface area contributed by atoms with Crippen LogP contribution in [-0.2, 0) is 32.6 Å². The van der Waals surface area contributed by atoms with Gasteiger partial charge in [0.1, 0.15) is 12.6 Å². The van der Waals surface area contributed by atoms with Gasteiger partial charge < -0.3 is 10.2 Å². The molecule has 7 nitrogen and oxygen atoms in total. The molecule has 4 aromatic rings. The highest BCUT2D eigenvalue weighted by Crippen LogP contribution is 2.29. The van der Waals surface area contributed by atoms with Crippen LogP contribution in [-0.4, -0.2) is 44.3 Å². The van der Waals surface area contributed by atoms with E-state index in [-0.39, 0.29) is 23.8 Å². The molecule has 0 aliphatic heterocycles. The number of halogens is 1. The van der Waals surface area contributed by atoms with E-state index in [2.05, 4.69) is 21.2 Å². The molecule has 0 heterocycles. The Bertz CT molecular complexity index is 1740. The minimum absolute atomic E-state index is 0.0866. The van der Waals surface area contributed by atoms with Crippen LogP contribution in [0.25, 0.3) is 0 Å². The van der Waals surface area contributed by atoms with Crippen LogP contribution in [0.4, 0.5) is 5.69 Å². The average Bonchev–Trinajstić information content (AvgIpc) is 3.03. The highest BCUT2D eigenvalue weighted by molar-refractivity contribution is 9.10. The van der Waals surface area contributed by atoms with Gasteiger partial charge in [0, 0.05) is 24.0 Å². The lowest BCUT2D eigenvalue weighted by Gasteiger charge is -2.34. The Hall–Kier alpha value is -3.95. The van der Waals surface area contributed by atoms with E-state index in [4.69, 9.17) is 0 Å². The molecule has 0 radical (unpaired) electrons. The van der Waals surface area contributed by atoms with Crippen LogP contribution < -0.4 is 9.62 Å². The normalized spacial score (nSPS) is 11.9. The monoisotopic (exact) mass is 703 g/mol. The number of unbranched alkanes of at least 4 members (excludes halogenated alkanes) is 1. The molecule has 0 unspecified atom stereocenters. The van der Waals surface area contributed by atoms with Gasteiger partial charge >= 0.3 is 0 Å². The second-order valence-electron chi connectivity index (χ2n) is 11.5. The Morgan fingerprint density at radius 2 is 1.52 bits per heavy atom. The molecule has 2 amide bonds. The maximum atomic E-state index is 14.6. The lowest BCUT2D eigenvalue weighted by atomic mass is 10.0. The van der Waals surface area contributed by atoms with Crippen molar-refractivity contribution in [2.24, 2.45) is 0 Å². The number of nitrogens with one attached hydrogen (secondary N) is 1. The standard InChI is InChI=1S/C37H42BrN3O4S/c1-5-6-22-39-37(43)35(24-30-13-8-7-9-14-30)40(25-31-15-11-16-32(38)23-31)36(42)26-41(34-17-10-12-28(3)29(34)4)46(44,45)33-20-18-27(2)19-21-33/h7-21,23,35H,5-6,22,24-26H2,1-4H3,(H,39,43)/t35-/m1/s1. The van der Waals surface area contributed by atoms with Crippen LogP contribution in [0.15, 0.2) is 106 Å². The van der Waals surface area contributed by atoms with E-state index in [0.717, 1.165) is 45.1 Å². The van der Waals surface area contributed by atoms with Gasteiger partial charge in [-0.15, -0.1) is 0 Å². The van der Waals surface area contributed by atoms with Crippen molar-refractivity contribution in [3.8, 4) is 0 Å². The molecule has 0 saturated heterocycles. The van der Waals surface area contributed by atoms with Gasteiger partial charge in [0.25, 0.3) is 10.0 Å². The molecule has 1 atom stereocenters. The summed E-state index contributed by atoms with van der Waals surface area (Å²) in [6, 6.07) is 28.3. The first-order chi connectivity index (χ1) is 22.0. The Labute approximate surface area is 281 Å². The zero-order valence-electron chi connectivity index (χ0n) is 26.9. The molecule has 0 aliphatic rings. The largest absolute Gasteiger partial charge is 0.354 e. The fraction of sp³-hybridized carbons (Fsp3) is 0.297. The molecule has 0 aromatic heterocycles. The van der Waals surface area contributed by atoms with Crippen LogP contribution in [0, 0.1) is 20.8 Å². The number of carbonyl (C=O) groups is 2. The van der Waals surface area contributed by atoms with Gasteiger partial charge in [-0.2, -0.15) is 0 Å². The van der Waals surface area contributed by atoms with E-state index >= 15 is 0 Å². The first kappa shape index (κ1) is 34.9.